The van der Waals surface area contributed by atoms with Gasteiger partial charge in [0.05, 0.1) is 23.0 Å². The van der Waals surface area contributed by atoms with Crippen LogP contribution >= 0.6 is 22.9 Å². The Morgan fingerprint density at radius 1 is 1.53 bits per heavy atom. The van der Waals surface area contributed by atoms with Crippen molar-refractivity contribution in [3.63, 3.8) is 0 Å². The largest absolute Gasteiger partial charge is 0.370 e. The topological polar surface area (TPSA) is 29.5 Å². The summed E-state index contributed by atoms with van der Waals surface area (Å²) >= 11 is 7.53. The number of alkyl halides is 1. The van der Waals surface area contributed by atoms with Crippen LogP contribution in [0.4, 0.5) is 0 Å². The number of nitrogens with zero attached hydrogens (tertiary/aromatic N) is 1. The number of halogens is 1. The van der Waals surface area contributed by atoms with Crippen LogP contribution in [0.2, 0.25) is 0 Å². The predicted molar refractivity (Wildman–Crippen MR) is 77.3 cm³/mol. The average Bonchev–Trinajstić information content (AvgIpc) is 2.97. The minimum absolute atomic E-state index is 0.0406. The number of fused-ring (bicyclic) bond motifs is 1. The van der Waals surface area contributed by atoms with Crippen LogP contribution in [0.1, 0.15) is 33.5 Å². The lowest BCUT2D eigenvalue weighted by atomic mass is 10.2. The van der Waals surface area contributed by atoms with Crippen LogP contribution < -0.4 is 0 Å². The SMILES string of the molecule is CC1CN(C(=O)c2cc3c(s2)CCC3)CC(CCl)O1. The van der Waals surface area contributed by atoms with Gasteiger partial charge in [0.2, 0.25) is 0 Å². The molecule has 0 saturated carbocycles. The highest BCUT2D eigenvalue weighted by Gasteiger charge is 2.30. The Bertz CT molecular complexity index is 466. The summed E-state index contributed by atoms with van der Waals surface area (Å²) in [6.07, 6.45) is 3.52. The molecule has 1 aliphatic carbocycles. The highest BCUT2D eigenvalue weighted by atomic mass is 35.5. The van der Waals surface area contributed by atoms with Gasteiger partial charge in [-0.05, 0) is 37.8 Å². The summed E-state index contributed by atoms with van der Waals surface area (Å²) in [6, 6.07) is 2.09. The van der Waals surface area contributed by atoms with Crippen molar-refractivity contribution >= 4 is 28.8 Å². The van der Waals surface area contributed by atoms with Gasteiger partial charge in [-0.3, -0.25) is 4.79 Å². The zero-order valence-electron chi connectivity index (χ0n) is 11.0. The first-order valence-corrected chi connectivity index (χ1v) is 8.14. The molecule has 1 aliphatic heterocycles. The normalized spacial score (nSPS) is 26.5. The number of aryl methyl sites for hydroxylation is 2. The monoisotopic (exact) mass is 299 g/mol. The molecule has 3 rings (SSSR count). The van der Waals surface area contributed by atoms with E-state index >= 15 is 0 Å². The van der Waals surface area contributed by atoms with Crippen LogP contribution in [0.15, 0.2) is 6.07 Å². The number of hydrogen-bond donors (Lipinski definition) is 0. The molecule has 0 spiro atoms. The van der Waals surface area contributed by atoms with E-state index in [4.69, 9.17) is 16.3 Å². The van der Waals surface area contributed by atoms with Crippen molar-refractivity contribution in [1.29, 1.82) is 0 Å². The molecule has 0 N–H and O–H groups in total. The summed E-state index contributed by atoms with van der Waals surface area (Å²) in [5.41, 5.74) is 1.38. The van der Waals surface area contributed by atoms with E-state index in [1.807, 2.05) is 11.8 Å². The number of rotatable bonds is 2. The van der Waals surface area contributed by atoms with E-state index < -0.39 is 0 Å². The molecule has 0 aromatic carbocycles. The third kappa shape index (κ3) is 2.67. The van der Waals surface area contributed by atoms with Crippen molar-refractivity contribution in [1.82, 2.24) is 4.90 Å². The fourth-order valence-electron chi connectivity index (χ4n) is 2.89. The second-order valence-corrected chi connectivity index (χ2v) is 6.79. The minimum Gasteiger partial charge on any atom is -0.370 e. The maximum atomic E-state index is 12.6. The number of ether oxygens (including phenoxy) is 1. The molecule has 5 heteroatoms. The molecule has 1 amide bonds. The van der Waals surface area contributed by atoms with Gasteiger partial charge >= 0.3 is 0 Å². The van der Waals surface area contributed by atoms with E-state index in [0.717, 1.165) is 17.7 Å². The lowest BCUT2D eigenvalue weighted by Crippen LogP contribution is -2.49. The Morgan fingerprint density at radius 2 is 2.37 bits per heavy atom. The summed E-state index contributed by atoms with van der Waals surface area (Å²) in [7, 11) is 0. The van der Waals surface area contributed by atoms with E-state index in [1.54, 1.807) is 11.3 Å². The van der Waals surface area contributed by atoms with Gasteiger partial charge in [-0.25, -0.2) is 0 Å². The van der Waals surface area contributed by atoms with E-state index in [2.05, 4.69) is 6.07 Å². The van der Waals surface area contributed by atoms with Crippen LogP contribution in [-0.4, -0.2) is 42.0 Å². The predicted octanol–water partition coefficient (Wildman–Crippen LogP) is 2.71. The Balaban J connectivity index is 1.75. The fraction of sp³-hybridized carbons (Fsp3) is 0.643. The van der Waals surface area contributed by atoms with Crippen molar-refractivity contribution in [2.24, 2.45) is 0 Å². The van der Waals surface area contributed by atoms with Gasteiger partial charge in [0.1, 0.15) is 0 Å². The molecule has 2 heterocycles. The molecular formula is C14H18ClNO2S. The molecular weight excluding hydrogens is 282 g/mol. The van der Waals surface area contributed by atoms with Crippen LogP contribution in [0.25, 0.3) is 0 Å². The van der Waals surface area contributed by atoms with E-state index in [-0.39, 0.29) is 18.1 Å². The molecule has 2 unspecified atom stereocenters. The molecule has 1 fully saturated rings. The standard InChI is InChI=1S/C14H18ClNO2S/c1-9-7-16(8-11(6-15)18-9)14(17)13-5-10-3-2-4-12(10)19-13/h5,9,11H,2-4,6-8H2,1H3. The van der Waals surface area contributed by atoms with Gasteiger partial charge in [-0.1, -0.05) is 0 Å². The molecule has 2 atom stereocenters. The average molecular weight is 300 g/mol. The number of hydrogen-bond acceptors (Lipinski definition) is 3. The van der Waals surface area contributed by atoms with Gasteiger partial charge in [-0.15, -0.1) is 22.9 Å². The Hall–Kier alpha value is -0.580. The Kier molecular flexibility index (Phi) is 3.83. The first-order valence-electron chi connectivity index (χ1n) is 6.79. The number of morpholine rings is 1. The van der Waals surface area contributed by atoms with Crippen molar-refractivity contribution in [2.45, 2.75) is 38.4 Å². The zero-order chi connectivity index (χ0) is 13.4. The van der Waals surface area contributed by atoms with E-state index in [9.17, 15) is 4.79 Å². The van der Waals surface area contributed by atoms with Crippen LogP contribution in [0.3, 0.4) is 0 Å². The first kappa shape index (κ1) is 13.4. The van der Waals surface area contributed by atoms with Gasteiger partial charge in [-0.2, -0.15) is 0 Å². The lowest BCUT2D eigenvalue weighted by molar-refractivity contribution is -0.0569. The molecule has 0 radical (unpaired) electrons. The number of amides is 1. The van der Waals surface area contributed by atoms with E-state index in [1.165, 1.54) is 16.9 Å². The number of carbonyl (C=O) groups is 1. The van der Waals surface area contributed by atoms with Crippen LogP contribution in [0.5, 0.6) is 0 Å². The van der Waals surface area contributed by atoms with Crippen molar-refractivity contribution < 1.29 is 9.53 Å². The molecule has 0 bridgehead atoms. The first-order chi connectivity index (χ1) is 9.17. The van der Waals surface area contributed by atoms with Crippen LogP contribution in [0, 0.1) is 0 Å². The molecule has 2 aliphatic rings. The van der Waals surface area contributed by atoms with Gasteiger partial charge in [0.15, 0.2) is 0 Å². The van der Waals surface area contributed by atoms with E-state index in [0.29, 0.717) is 19.0 Å². The number of thiophene rings is 1. The quantitative estimate of drug-likeness (QED) is 0.786. The summed E-state index contributed by atoms with van der Waals surface area (Å²) in [5.74, 6) is 0.583. The highest BCUT2D eigenvalue weighted by molar-refractivity contribution is 7.14. The third-order valence-corrected chi connectivity index (χ3v) is 5.31. The summed E-state index contributed by atoms with van der Waals surface area (Å²) in [5, 5.41) is 0. The van der Waals surface area contributed by atoms with Crippen molar-refractivity contribution in [2.75, 3.05) is 19.0 Å². The maximum Gasteiger partial charge on any atom is 0.264 e. The molecule has 104 valence electrons. The zero-order valence-corrected chi connectivity index (χ0v) is 12.6. The van der Waals surface area contributed by atoms with Gasteiger partial charge in [0.25, 0.3) is 5.91 Å². The maximum absolute atomic E-state index is 12.6. The summed E-state index contributed by atoms with van der Waals surface area (Å²) in [6.45, 7) is 3.26. The molecule has 1 aromatic rings. The Labute approximate surface area is 122 Å². The smallest absolute Gasteiger partial charge is 0.264 e. The number of carbonyl (C=O) groups excluding carboxylic acids is 1. The molecule has 3 nitrogen and oxygen atoms in total. The molecule has 1 aromatic heterocycles. The fourth-order valence-corrected chi connectivity index (χ4v) is 4.28. The Morgan fingerprint density at radius 3 is 3.11 bits per heavy atom. The third-order valence-electron chi connectivity index (χ3n) is 3.74. The molecule has 19 heavy (non-hydrogen) atoms. The second kappa shape index (κ2) is 5.43. The lowest BCUT2D eigenvalue weighted by Gasteiger charge is -2.35. The van der Waals surface area contributed by atoms with Gasteiger partial charge < -0.3 is 9.64 Å². The van der Waals surface area contributed by atoms with Gasteiger partial charge in [0, 0.05) is 18.0 Å². The van der Waals surface area contributed by atoms with Crippen molar-refractivity contribution in [3.8, 4) is 0 Å². The molecule has 1 saturated heterocycles. The minimum atomic E-state index is -0.0406. The van der Waals surface area contributed by atoms with Crippen molar-refractivity contribution in [3.05, 3.63) is 21.4 Å². The highest BCUT2D eigenvalue weighted by Crippen LogP contribution is 2.31. The second-order valence-electron chi connectivity index (χ2n) is 5.35. The van der Waals surface area contributed by atoms with Crippen LogP contribution in [-0.2, 0) is 17.6 Å². The summed E-state index contributed by atoms with van der Waals surface area (Å²) in [4.78, 5) is 16.7. The summed E-state index contributed by atoms with van der Waals surface area (Å²) < 4.78 is 5.69.